The summed E-state index contributed by atoms with van der Waals surface area (Å²) in [6.45, 7) is 2.77. The van der Waals surface area contributed by atoms with E-state index in [0.717, 1.165) is 24.6 Å². The Morgan fingerprint density at radius 3 is 3.00 bits per heavy atom. The number of anilines is 1. The van der Waals surface area contributed by atoms with Gasteiger partial charge < -0.3 is 5.32 Å². The Morgan fingerprint density at radius 2 is 2.31 bits per heavy atom. The molecule has 0 fully saturated rings. The van der Waals surface area contributed by atoms with Crippen molar-refractivity contribution in [3.63, 3.8) is 0 Å². The molecule has 0 saturated carbocycles. The van der Waals surface area contributed by atoms with Crippen LogP contribution in [0.3, 0.4) is 0 Å². The highest BCUT2D eigenvalue weighted by Crippen LogP contribution is 2.14. The smallest absolute Gasteiger partial charge is 0.134 e. The topological polar surface area (TPSA) is 37.8 Å². The van der Waals surface area contributed by atoms with Gasteiger partial charge in [0.2, 0.25) is 0 Å². The summed E-state index contributed by atoms with van der Waals surface area (Å²) < 4.78 is 0. The number of rotatable bonds is 4. The quantitative estimate of drug-likeness (QED) is 0.849. The van der Waals surface area contributed by atoms with Crippen molar-refractivity contribution in [3.05, 3.63) is 39.4 Å². The summed E-state index contributed by atoms with van der Waals surface area (Å²) in [5.74, 6) is 1.54. The number of hydrogen-bond acceptors (Lipinski definition) is 4. The zero-order chi connectivity index (χ0) is 11.4. The fraction of sp³-hybridized carbons (Fsp3) is 0.273. The molecule has 2 heterocycles. The average molecular weight is 254 g/mol. The van der Waals surface area contributed by atoms with Gasteiger partial charge in [-0.15, -0.1) is 0 Å². The molecule has 5 heteroatoms. The SMILES string of the molecule is CCc1nc(Cl)cc(NCc2ccsc2)n1. The first-order valence-electron chi connectivity index (χ1n) is 5.06. The van der Waals surface area contributed by atoms with Crippen LogP contribution in [0.25, 0.3) is 0 Å². The third-order valence-corrected chi connectivity index (χ3v) is 3.04. The van der Waals surface area contributed by atoms with E-state index in [9.17, 15) is 0 Å². The minimum Gasteiger partial charge on any atom is -0.366 e. The lowest BCUT2D eigenvalue weighted by atomic mass is 10.3. The first-order valence-corrected chi connectivity index (χ1v) is 6.38. The predicted molar refractivity (Wildman–Crippen MR) is 68.1 cm³/mol. The molecule has 0 bridgehead atoms. The highest BCUT2D eigenvalue weighted by Gasteiger charge is 2.01. The van der Waals surface area contributed by atoms with Crippen LogP contribution < -0.4 is 5.32 Å². The second kappa shape index (κ2) is 5.27. The van der Waals surface area contributed by atoms with Crippen LogP contribution in [-0.4, -0.2) is 9.97 Å². The van der Waals surface area contributed by atoms with Gasteiger partial charge in [-0.05, 0) is 22.4 Å². The van der Waals surface area contributed by atoms with Crippen molar-refractivity contribution in [1.82, 2.24) is 9.97 Å². The maximum Gasteiger partial charge on any atom is 0.134 e. The molecular weight excluding hydrogens is 242 g/mol. The highest BCUT2D eigenvalue weighted by atomic mass is 35.5. The lowest BCUT2D eigenvalue weighted by Gasteiger charge is -2.05. The average Bonchev–Trinajstić information content (AvgIpc) is 2.78. The Hall–Kier alpha value is -1.13. The molecule has 0 unspecified atom stereocenters. The molecule has 2 rings (SSSR count). The molecule has 0 aromatic carbocycles. The van der Waals surface area contributed by atoms with Crippen LogP contribution in [0.15, 0.2) is 22.9 Å². The lowest BCUT2D eigenvalue weighted by molar-refractivity contribution is 0.933. The first-order chi connectivity index (χ1) is 7.78. The maximum absolute atomic E-state index is 5.90. The largest absolute Gasteiger partial charge is 0.366 e. The molecule has 16 heavy (non-hydrogen) atoms. The summed E-state index contributed by atoms with van der Waals surface area (Å²) in [6.07, 6.45) is 0.785. The van der Waals surface area contributed by atoms with Crippen molar-refractivity contribution in [1.29, 1.82) is 0 Å². The van der Waals surface area contributed by atoms with Gasteiger partial charge in [-0.2, -0.15) is 11.3 Å². The summed E-state index contributed by atoms with van der Waals surface area (Å²) in [5, 5.41) is 7.88. The molecule has 0 radical (unpaired) electrons. The van der Waals surface area contributed by atoms with E-state index in [0.29, 0.717) is 5.15 Å². The number of halogens is 1. The summed E-state index contributed by atoms with van der Waals surface area (Å²) >= 11 is 7.59. The Bertz CT molecular complexity index is 456. The van der Waals surface area contributed by atoms with Crippen molar-refractivity contribution < 1.29 is 0 Å². The summed E-state index contributed by atoms with van der Waals surface area (Å²) in [5.41, 5.74) is 1.25. The molecule has 0 saturated heterocycles. The van der Waals surface area contributed by atoms with Gasteiger partial charge in [0.05, 0.1) is 0 Å². The minimum absolute atomic E-state index is 0.486. The molecule has 0 spiro atoms. The van der Waals surface area contributed by atoms with E-state index in [2.05, 4.69) is 32.1 Å². The summed E-state index contributed by atoms with van der Waals surface area (Å²) in [4.78, 5) is 8.46. The van der Waals surface area contributed by atoms with Gasteiger partial charge in [0.25, 0.3) is 0 Å². The van der Waals surface area contributed by atoms with E-state index in [4.69, 9.17) is 11.6 Å². The lowest BCUT2D eigenvalue weighted by Crippen LogP contribution is -2.03. The molecule has 3 nitrogen and oxygen atoms in total. The van der Waals surface area contributed by atoms with E-state index in [1.807, 2.05) is 6.92 Å². The zero-order valence-electron chi connectivity index (χ0n) is 8.90. The van der Waals surface area contributed by atoms with Gasteiger partial charge in [0, 0.05) is 19.0 Å². The van der Waals surface area contributed by atoms with Gasteiger partial charge in [0.15, 0.2) is 0 Å². The van der Waals surface area contributed by atoms with Crippen LogP contribution in [0.1, 0.15) is 18.3 Å². The molecule has 0 aliphatic carbocycles. The molecule has 84 valence electrons. The number of hydrogen-bond donors (Lipinski definition) is 1. The first kappa shape index (κ1) is 11.4. The van der Waals surface area contributed by atoms with Crippen molar-refractivity contribution in [2.75, 3.05) is 5.32 Å². The van der Waals surface area contributed by atoms with Crippen LogP contribution in [0.5, 0.6) is 0 Å². The van der Waals surface area contributed by atoms with E-state index in [1.165, 1.54) is 5.56 Å². The normalized spacial score (nSPS) is 10.4. The molecule has 1 N–H and O–H groups in total. The zero-order valence-corrected chi connectivity index (χ0v) is 10.5. The van der Waals surface area contributed by atoms with Crippen molar-refractivity contribution in [2.24, 2.45) is 0 Å². The molecule has 0 amide bonds. The summed E-state index contributed by atoms with van der Waals surface area (Å²) in [6, 6.07) is 3.83. The molecule has 0 aliphatic rings. The van der Waals surface area contributed by atoms with E-state index in [-0.39, 0.29) is 0 Å². The molecule has 0 aliphatic heterocycles. The summed E-state index contributed by atoms with van der Waals surface area (Å²) in [7, 11) is 0. The van der Waals surface area contributed by atoms with Crippen molar-refractivity contribution in [3.8, 4) is 0 Å². The number of aromatic nitrogens is 2. The fourth-order valence-electron chi connectivity index (χ4n) is 1.30. The van der Waals surface area contributed by atoms with Gasteiger partial charge in [-0.3, -0.25) is 0 Å². The third-order valence-electron chi connectivity index (χ3n) is 2.11. The van der Waals surface area contributed by atoms with Crippen LogP contribution >= 0.6 is 22.9 Å². The third kappa shape index (κ3) is 2.93. The van der Waals surface area contributed by atoms with Gasteiger partial charge in [-0.25, -0.2) is 9.97 Å². The number of nitrogens with one attached hydrogen (secondary N) is 1. The highest BCUT2D eigenvalue weighted by molar-refractivity contribution is 7.07. The van der Waals surface area contributed by atoms with Crippen molar-refractivity contribution in [2.45, 2.75) is 19.9 Å². The second-order valence-electron chi connectivity index (χ2n) is 3.33. The Morgan fingerprint density at radius 1 is 1.44 bits per heavy atom. The van der Waals surface area contributed by atoms with Crippen LogP contribution in [0, 0.1) is 0 Å². The maximum atomic E-state index is 5.90. The Kier molecular flexibility index (Phi) is 3.74. The fourth-order valence-corrected chi connectivity index (χ4v) is 2.17. The molecule has 2 aromatic rings. The van der Waals surface area contributed by atoms with E-state index in [1.54, 1.807) is 17.4 Å². The second-order valence-corrected chi connectivity index (χ2v) is 4.50. The number of thiophene rings is 1. The standard InChI is InChI=1S/C11H12ClN3S/c1-2-10-14-9(12)5-11(15-10)13-6-8-3-4-16-7-8/h3-5,7H,2,6H2,1H3,(H,13,14,15). The van der Waals surface area contributed by atoms with Crippen LogP contribution in [0.2, 0.25) is 5.15 Å². The Labute approximate surface area is 104 Å². The van der Waals surface area contributed by atoms with E-state index >= 15 is 0 Å². The van der Waals surface area contributed by atoms with Gasteiger partial charge in [-0.1, -0.05) is 18.5 Å². The molecular formula is C11H12ClN3S. The van der Waals surface area contributed by atoms with Crippen LogP contribution in [-0.2, 0) is 13.0 Å². The predicted octanol–water partition coefficient (Wildman–Crippen LogP) is 3.37. The molecule has 2 aromatic heterocycles. The number of aryl methyl sites for hydroxylation is 1. The van der Waals surface area contributed by atoms with Gasteiger partial charge in [0.1, 0.15) is 16.8 Å². The van der Waals surface area contributed by atoms with Gasteiger partial charge >= 0.3 is 0 Å². The minimum atomic E-state index is 0.486. The monoisotopic (exact) mass is 253 g/mol. The molecule has 0 atom stereocenters. The number of nitrogens with zero attached hydrogens (tertiary/aromatic N) is 2. The van der Waals surface area contributed by atoms with Crippen molar-refractivity contribution >= 4 is 28.8 Å². The van der Waals surface area contributed by atoms with E-state index < -0.39 is 0 Å². The van der Waals surface area contributed by atoms with Crippen LogP contribution in [0.4, 0.5) is 5.82 Å². The Balaban J connectivity index is 2.06.